The minimum absolute atomic E-state index is 0.711. The third-order valence-corrected chi connectivity index (χ3v) is 2.04. The Labute approximate surface area is 90.9 Å². The monoisotopic (exact) mass is 206 g/mol. The van der Waals surface area contributed by atoms with Crippen molar-refractivity contribution < 1.29 is 4.74 Å². The molecule has 15 heavy (non-hydrogen) atoms. The van der Waals surface area contributed by atoms with E-state index in [9.17, 15) is 0 Å². The summed E-state index contributed by atoms with van der Waals surface area (Å²) in [7, 11) is 1.64. The van der Waals surface area contributed by atoms with Crippen molar-refractivity contribution >= 4 is 11.4 Å². The molecule has 0 aliphatic carbocycles. The Bertz CT molecular complexity index is 334. The van der Waals surface area contributed by atoms with Crippen molar-refractivity contribution in [2.45, 2.75) is 13.3 Å². The van der Waals surface area contributed by atoms with Gasteiger partial charge in [-0.3, -0.25) is 0 Å². The van der Waals surface area contributed by atoms with Crippen LogP contribution >= 0.6 is 0 Å². The van der Waals surface area contributed by atoms with Crippen LogP contribution in [-0.2, 0) is 0 Å². The molecule has 0 radical (unpaired) electrons. The Morgan fingerprint density at radius 2 is 2.20 bits per heavy atom. The maximum absolute atomic E-state index is 5.73. The van der Waals surface area contributed by atoms with Crippen LogP contribution in [0.5, 0.6) is 5.75 Å². The molecule has 0 amide bonds. The standard InChI is InChI=1S/C12H18N2O/c1-3-4-5-6-14-11-7-10(13)8-12(9-11)15-2/h3-4,7-9,14H,5-6,13H2,1-2H3/b4-3+. The van der Waals surface area contributed by atoms with Gasteiger partial charge in [0.15, 0.2) is 0 Å². The minimum Gasteiger partial charge on any atom is -0.497 e. The second-order valence-corrected chi connectivity index (χ2v) is 3.28. The summed E-state index contributed by atoms with van der Waals surface area (Å²) in [4.78, 5) is 0. The lowest BCUT2D eigenvalue weighted by Crippen LogP contribution is -2.01. The zero-order valence-electron chi connectivity index (χ0n) is 9.29. The normalized spacial score (nSPS) is 10.5. The van der Waals surface area contributed by atoms with Gasteiger partial charge >= 0.3 is 0 Å². The molecule has 3 nitrogen and oxygen atoms in total. The predicted molar refractivity (Wildman–Crippen MR) is 65.3 cm³/mol. The van der Waals surface area contributed by atoms with Crippen molar-refractivity contribution in [1.29, 1.82) is 0 Å². The number of ether oxygens (including phenoxy) is 1. The summed E-state index contributed by atoms with van der Waals surface area (Å²) in [5, 5.41) is 3.28. The molecule has 1 aromatic carbocycles. The van der Waals surface area contributed by atoms with Gasteiger partial charge in [-0.05, 0) is 19.4 Å². The maximum Gasteiger partial charge on any atom is 0.122 e. The van der Waals surface area contributed by atoms with Crippen molar-refractivity contribution in [2.24, 2.45) is 0 Å². The van der Waals surface area contributed by atoms with E-state index >= 15 is 0 Å². The highest BCUT2D eigenvalue weighted by molar-refractivity contribution is 5.59. The number of anilines is 2. The van der Waals surface area contributed by atoms with Gasteiger partial charge in [0.05, 0.1) is 7.11 Å². The highest BCUT2D eigenvalue weighted by atomic mass is 16.5. The number of hydrogen-bond donors (Lipinski definition) is 2. The first-order valence-electron chi connectivity index (χ1n) is 5.06. The number of nitrogens with two attached hydrogens (primary N) is 1. The Morgan fingerprint density at radius 1 is 1.40 bits per heavy atom. The molecule has 0 atom stereocenters. The van der Waals surface area contributed by atoms with Crippen molar-refractivity contribution in [3.05, 3.63) is 30.4 Å². The van der Waals surface area contributed by atoms with E-state index in [1.165, 1.54) is 0 Å². The van der Waals surface area contributed by atoms with Gasteiger partial charge < -0.3 is 15.8 Å². The zero-order valence-corrected chi connectivity index (χ0v) is 9.29. The van der Waals surface area contributed by atoms with E-state index < -0.39 is 0 Å². The molecule has 0 saturated heterocycles. The highest BCUT2D eigenvalue weighted by Crippen LogP contribution is 2.21. The minimum atomic E-state index is 0.711. The Morgan fingerprint density at radius 3 is 2.87 bits per heavy atom. The highest BCUT2D eigenvalue weighted by Gasteiger charge is 1.97. The average Bonchev–Trinajstić information content (AvgIpc) is 2.23. The molecule has 82 valence electrons. The molecule has 0 aliphatic heterocycles. The average molecular weight is 206 g/mol. The predicted octanol–water partition coefficient (Wildman–Crippen LogP) is 2.66. The first-order valence-corrected chi connectivity index (χ1v) is 5.06. The SMILES string of the molecule is C/C=C/CCNc1cc(N)cc(OC)c1. The van der Waals surface area contributed by atoms with Gasteiger partial charge in [0.25, 0.3) is 0 Å². The lowest BCUT2D eigenvalue weighted by molar-refractivity contribution is 0.415. The van der Waals surface area contributed by atoms with Crippen molar-refractivity contribution in [2.75, 3.05) is 24.7 Å². The largest absolute Gasteiger partial charge is 0.497 e. The molecular formula is C12H18N2O. The molecule has 0 spiro atoms. The summed E-state index contributed by atoms with van der Waals surface area (Å²) in [5.41, 5.74) is 7.44. The van der Waals surface area contributed by atoms with Crippen LogP contribution in [0.25, 0.3) is 0 Å². The number of rotatable bonds is 5. The van der Waals surface area contributed by atoms with Gasteiger partial charge in [0.2, 0.25) is 0 Å². The lowest BCUT2D eigenvalue weighted by atomic mass is 10.2. The van der Waals surface area contributed by atoms with Crippen LogP contribution < -0.4 is 15.8 Å². The van der Waals surface area contributed by atoms with E-state index in [1.807, 2.05) is 25.1 Å². The summed E-state index contributed by atoms with van der Waals surface area (Å²) in [6.45, 7) is 2.92. The fraction of sp³-hybridized carbons (Fsp3) is 0.333. The van der Waals surface area contributed by atoms with Crippen LogP contribution in [-0.4, -0.2) is 13.7 Å². The van der Waals surface area contributed by atoms with Gasteiger partial charge in [-0.25, -0.2) is 0 Å². The van der Waals surface area contributed by atoms with E-state index in [-0.39, 0.29) is 0 Å². The van der Waals surface area contributed by atoms with E-state index in [0.717, 1.165) is 24.4 Å². The van der Waals surface area contributed by atoms with Crippen LogP contribution in [0.1, 0.15) is 13.3 Å². The molecular weight excluding hydrogens is 188 g/mol. The first kappa shape index (κ1) is 11.4. The molecule has 0 bridgehead atoms. The summed E-state index contributed by atoms with van der Waals surface area (Å²) in [5.74, 6) is 0.781. The fourth-order valence-electron chi connectivity index (χ4n) is 1.31. The van der Waals surface area contributed by atoms with Gasteiger partial charge in [0, 0.05) is 30.1 Å². The number of hydrogen-bond acceptors (Lipinski definition) is 3. The lowest BCUT2D eigenvalue weighted by Gasteiger charge is -2.08. The molecule has 0 aromatic heterocycles. The molecule has 0 heterocycles. The molecule has 1 rings (SSSR count). The molecule has 0 saturated carbocycles. The maximum atomic E-state index is 5.73. The van der Waals surface area contributed by atoms with Crippen molar-refractivity contribution in [3.63, 3.8) is 0 Å². The van der Waals surface area contributed by atoms with E-state index in [1.54, 1.807) is 13.2 Å². The second-order valence-electron chi connectivity index (χ2n) is 3.28. The van der Waals surface area contributed by atoms with E-state index in [2.05, 4.69) is 11.4 Å². The van der Waals surface area contributed by atoms with Gasteiger partial charge in [-0.15, -0.1) is 0 Å². The molecule has 3 heteroatoms. The number of methoxy groups -OCH3 is 1. The van der Waals surface area contributed by atoms with Gasteiger partial charge in [-0.2, -0.15) is 0 Å². The smallest absolute Gasteiger partial charge is 0.122 e. The van der Waals surface area contributed by atoms with Crippen LogP contribution in [0.2, 0.25) is 0 Å². The summed E-state index contributed by atoms with van der Waals surface area (Å²) >= 11 is 0. The molecule has 0 aliphatic rings. The number of nitrogen functional groups attached to an aromatic ring is 1. The topological polar surface area (TPSA) is 47.3 Å². The number of benzene rings is 1. The van der Waals surface area contributed by atoms with Crippen molar-refractivity contribution in [3.8, 4) is 5.75 Å². The first-order chi connectivity index (χ1) is 7.26. The summed E-state index contributed by atoms with van der Waals surface area (Å²) in [6, 6.07) is 5.64. The van der Waals surface area contributed by atoms with E-state index in [0.29, 0.717) is 5.69 Å². The van der Waals surface area contributed by atoms with Crippen molar-refractivity contribution in [1.82, 2.24) is 0 Å². The summed E-state index contributed by atoms with van der Waals surface area (Å²) in [6.07, 6.45) is 5.17. The van der Waals surface area contributed by atoms with Crippen LogP contribution in [0.4, 0.5) is 11.4 Å². The molecule has 0 fully saturated rings. The molecule has 3 N–H and O–H groups in total. The molecule has 0 unspecified atom stereocenters. The second kappa shape index (κ2) is 5.96. The van der Waals surface area contributed by atoms with Gasteiger partial charge in [-0.1, -0.05) is 12.2 Å². The van der Waals surface area contributed by atoms with Gasteiger partial charge in [0.1, 0.15) is 5.75 Å². The zero-order chi connectivity index (χ0) is 11.1. The summed E-state index contributed by atoms with van der Waals surface area (Å²) < 4.78 is 5.13. The fourth-order valence-corrected chi connectivity index (χ4v) is 1.31. The third-order valence-electron chi connectivity index (χ3n) is 2.04. The van der Waals surface area contributed by atoms with Crippen LogP contribution in [0.15, 0.2) is 30.4 Å². The van der Waals surface area contributed by atoms with Crippen LogP contribution in [0.3, 0.4) is 0 Å². The Kier molecular flexibility index (Phi) is 4.54. The Hall–Kier alpha value is -1.64. The number of allylic oxidation sites excluding steroid dienone is 1. The third kappa shape index (κ3) is 3.94. The van der Waals surface area contributed by atoms with E-state index in [4.69, 9.17) is 10.5 Å². The van der Waals surface area contributed by atoms with Crippen LogP contribution in [0, 0.1) is 0 Å². The quantitative estimate of drug-likeness (QED) is 0.442. The Balaban J connectivity index is 2.56. The molecule has 1 aromatic rings. The number of nitrogens with one attached hydrogen (secondary N) is 1.